The number of hydrogen-bond acceptors (Lipinski definition) is 5. The maximum atomic E-state index is 13.4. The van der Waals surface area contributed by atoms with Crippen molar-refractivity contribution in [1.29, 1.82) is 0 Å². The Balaban J connectivity index is 1.32. The standard InChI is InChI=1S/C25H26ClN5O3/c26-17-14-16-15-18(23(32)31-12-10-30(11-13-31)19-6-2-5-9-27-19)34-22(16)20-21(17)28-24(33)29-25(20)7-3-1-4-8-25/h2,5-6,9,14-15H,1,3-4,7-8,10-13H2,(H2,28,29,33). The molecule has 0 atom stereocenters. The highest BCUT2D eigenvalue weighted by Crippen LogP contribution is 2.49. The van der Waals surface area contributed by atoms with Gasteiger partial charge in [-0.2, -0.15) is 0 Å². The van der Waals surface area contributed by atoms with Gasteiger partial charge in [-0.1, -0.05) is 36.9 Å². The van der Waals surface area contributed by atoms with Gasteiger partial charge in [-0.15, -0.1) is 0 Å². The molecule has 3 amide bonds. The van der Waals surface area contributed by atoms with Crippen LogP contribution >= 0.6 is 11.6 Å². The van der Waals surface area contributed by atoms with Crippen molar-refractivity contribution in [3.05, 3.63) is 52.9 Å². The molecule has 1 saturated heterocycles. The third kappa shape index (κ3) is 3.48. The van der Waals surface area contributed by atoms with Crippen molar-refractivity contribution in [3.8, 4) is 0 Å². The molecule has 1 aliphatic carbocycles. The Morgan fingerprint density at radius 1 is 1.09 bits per heavy atom. The van der Waals surface area contributed by atoms with Gasteiger partial charge in [0.05, 0.1) is 16.2 Å². The Labute approximate surface area is 202 Å². The van der Waals surface area contributed by atoms with E-state index in [1.165, 1.54) is 0 Å². The minimum Gasteiger partial charge on any atom is -0.450 e. The number of rotatable bonds is 2. The van der Waals surface area contributed by atoms with E-state index < -0.39 is 5.54 Å². The first kappa shape index (κ1) is 21.3. The van der Waals surface area contributed by atoms with Gasteiger partial charge >= 0.3 is 6.03 Å². The van der Waals surface area contributed by atoms with Gasteiger partial charge in [0.15, 0.2) is 5.76 Å². The number of nitrogens with one attached hydrogen (secondary N) is 2. The van der Waals surface area contributed by atoms with E-state index in [0.29, 0.717) is 48.2 Å². The van der Waals surface area contributed by atoms with Gasteiger partial charge in [0.25, 0.3) is 5.91 Å². The summed E-state index contributed by atoms with van der Waals surface area (Å²) < 4.78 is 6.24. The molecule has 0 radical (unpaired) electrons. The third-order valence-electron chi connectivity index (χ3n) is 7.29. The fourth-order valence-electron chi connectivity index (χ4n) is 5.62. The number of nitrogens with zero attached hydrogens (tertiary/aromatic N) is 3. The van der Waals surface area contributed by atoms with Crippen molar-refractivity contribution < 1.29 is 14.0 Å². The van der Waals surface area contributed by atoms with Crippen LogP contribution in [0.4, 0.5) is 16.3 Å². The maximum absolute atomic E-state index is 13.4. The minimum atomic E-state index is -0.522. The molecule has 2 fully saturated rings. The Hall–Kier alpha value is -3.26. The summed E-state index contributed by atoms with van der Waals surface area (Å²) in [6.07, 6.45) is 6.59. The molecule has 6 rings (SSSR count). The second-order valence-electron chi connectivity index (χ2n) is 9.33. The maximum Gasteiger partial charge on any atom is 0.319 e. The fraction of sp³-hybridized carbons (Fsp3) is 0.400. The van der Waals surface area contributed by atoms with E-state index >= 15 is 0 Å². The van der Waals surface area contributed by atoms with Crippen molar-refractivity contribution >= 4 is 46.0 Å². The SMILES string of the molecule is O=C1Nc2c(Cl)cc3cc(C(=O)N4CCN(c5ccccn5)CC4)oc3c2C2(CCCCC2)N1. The third-order valence-corrected chi connectivity index (χ3v) is 7.58. The zero-order valence-electron chi connectivity index (χ0n) is 18.8. The smallest absolute Gasteiger partial charge is 0.319 e. The summed E-state index contributed by atoms with van der Waals surface area (Å²) in [6.45, 7) is 2.60. The van der Waals surface area contributed by atoms with E-state index in [2.05, 4.69) is 20.5 Å². The van der Waals surface area contributed by atoms with Crippen molar-refractivity contribution in [2.45, 2.75) is 37.6 Å². The molecule has 2 aromatic heterocycles. The van der Waals surface area contributed by atoms with Crippen LogP contribution in [0.1, 0.15) is 48.2 Å². The second-order valence-corrected chi connectivity index (χ2v) is 9.73. The number of fused-ring (bicyclic) bond motifs is 4. The van der Waals surface area contributed by atoms with Gasteiger partial charge in [0, 0.05) is 43.3 Å². The fourth-order valence-corrected chi connectivity index (χ4v) is 5.88. The number of benzene rings is 1. The van der Waals surface area contributed by atoms with Crippen molar-refractivity contribution in [1.82, 2.24) is 15.2 Å². The van der Waals surface area contributed by atoms with Crippen molar-refractivity contribution in [3.63, 3.8) is 0 Å². The lowest BCUT2D eigenvalue weighted by atomic mass is 9.74. The van der Waals surface area contributed by atoms with E-state index in [1.54, 1.807) is 18.3 Å². The summed E-state index contributed by atoms with van der Waals surface area (Å²) in [5.41, 5.74) is 1.57. The van der Waals surface area contributed by atoms with Crippen molar-refractivity contribution in [2.75, 3.05) is 36.4 Å². The van der Waals surface area contributed by atoms with Gasteiger partial charge in [0.2, 0.25) is 0 Å². The molecule has 3 aliphatic rings. The quantitative estimate of drug-likeness (QED) is 0.554. The van der Waals surface area contributed by atoms with Crippen molar-refractivity contribution in [2.24, 2.45) is 0 Å². The molecule has 3 aromatic rings. The zero-order valence-corrected chi connectivity index (χ0v) is 19.5. The molecular weight excluding hydrogens is 454 g/mol. The Kier molecular flexibility index (Phi) is 5.13. The molecule has 8 nitrogen and oxygen atoms in total. The van der Waals surface area contributed by atoms with Crippen LogP contribution in [0.5, 0.6) is 0 Å². The second kappa shape index (κ2) is 8.20. The molecule has 4 heterocycles. The lowest BCUT2D eigenvalue weighted by Gasteiger charge is -2.42. The molecule has 0 unspecified atom stereocenters. The van der Waals surface area contributed by atoms with Crippen LogP contribution in [0.3, 0.4) is 0 Å². The topological polar surface area (TPSA) is 90.7 Å². The molecule has 0 bridgehead atoms. The van der Waals surface area contributed by atoms with E-state index in [4.69, 9.17) is 16.0 Å². The molecule has 1 aromatic carbocycles. The number of amides is 3. The number of pyridine rings is 1. The molecule has 9 heteroatoms. The van der Waals surface area contributed by atoms with Crippen LogP contribution in [0.25, 0.3) is 11.0 Å². The average Bonchev–Trinajstić information content (AvgIpc) is 3.28. The highest BCUT2D eigenvalue weighted by atomic mass is 35.5. The number of furan rings is 1. The lowest BCUT2D eigenvalue weighted by Crippen LogP contribution is -2.52. The van der Waals surface area contributed by atoms with Gasteiger partial charge in [-0.25, -0.2) is 9.78 Å². The average molecular weight is 480 g/mol. The number of halogens is 1. The molecule has 2 N–H and O–H groups in total. The number of carbonyl (C=O) groups excluding carboxylic acids is 2. The molecule has 1 spiro atoms. The largest absolute Gasteiger partial charge is 0.450 e. The molecule has 2 aliphatic heterocycles. The summed E-state index contributed by atoms with van der Waals surface area (Å²) in [5, 5.41) is 7.26. The summed E-state index contributed by atoms with van der Waals surface area (Å²) in [6, 6.07) is 9.16. The zero-order chi connectivity index (χ0) is 23.3. The summed E-state index contributed by atoms with van der Waals surface area (Å²) in [5.74, 6) is 1.09. The van der Waals surface area contributed by atoms with Crippen LogP contribution in [0.2, 0.25) is 5.02 Å². The molecule has 1 saturated carbocycles. The van der Waals surface area contributed by atoms with Gasteiger partial charge < -0.3 is 24.9 Å². The number of carbonyl (C=O) groups is 2. The number of anilines is 2. The molecule has 176 valence electrons. The van der Waals surface area contributed by atoms with E-state index in [1.807, 2.05) is 23.1 Å². The Morgan fingerprint density at radius 3 is 2.62 bits per heavy atom. The summed E-state index contributed by atoms with van der Waals surface area (Å²) >= 11 is 6.61. The highest BCUT2D eigenvalue weighted by Gasteiger charge is 2.44. The number of piperazine rings is 1. The number of hydrogen-bond donors (Lipinski definition) is 2. The van der Waals surface area contributed by atoms with Gasteiger partial charge in [0.1, 0.15) is 11.4 Å². The Bertz CT molecular complexity index is 1260. The van der Waals surface area contributed by atoms with Gasteiger partial charge in [-0.3, -0.25) is 4.79 Å². The van der Waals surface area contributed by atoms with E-state index in [9.17, 15) is 9.59 Å². The normalized spacial score (nSPS) is 19.6. The van der Waals surface area contributed by atoms with Crippen LogP contribution < -0.4 is 15.5 Å². The summed E-state index contributed by atoms with van der Waals surface area (Å²) in [4.78, 5) is 34.2. The predicted molar refractivity (Wildman–Crippen MR) is 130 cm³/mol. The first-order valence-corrected chi connectivity index (χ1v) is 12.2. The molecular formula is C25H26ClN5O3. The summed E-state index contributed by atoms with van der Waals surface area (Å²) in [7, 11) is 0. The highest BCUT2D eigenvalue weighted by molar-refractivity contribution is 6.35. The number of urea groups is 1. The predicted octanol–water partition coefficient (Wildman–Crippen LogP) is 4.74. The monoisotopic (exact) mass is 479 g/mol. The first-order valence-electron chi connectivity index (χ1n) is 11.8. The van der Waals surface area contributed by atoms with Gasteiger partial charge in [-0.05, 0) is 37.1 Å². The van der Waals surface area contributed by atoms with E-state index in [-0.39, 0.29) is 11.9 Å². The van der Waals surface area contributed by atoms with Crippen LogP contribution in [0.15, 0.2) is 40.9 Å². The lowest BCUT2D eigenvalue weighted by molar-refractivity contribution is 0.0716. The van der Waals surface area contributed by atoms with E-state index in [0.717, 1.165) is 48.9 Å². The van der Waals surface area contributed by atoms with Crippen LogP contribution in [0, 0.1) is 0 Å². The first-order chi connectivity index (χ1) is 16.5. The Morgan fingerprint density at radius 2 is 1.88 bits per heavy atom. The van der Waals surface area contributed by atoms with Crippen LogP contribution in [-0.4, -0.2) is 48.0 Å². The molecule has 34 heavy (non-hydrogen) atoms. The minimum absolute atomic E-state index is 0.132. The number of aromatic nitrogens is 1. The van der Waals surface area contributed by atoms with Crippen LogP contribution in [-0.2, 0) is 5.54 Å².